The highest BCUT2D eigenvalue weighted by atomic mass is 79.9. The zero-order valence-corrected chi connectivity index (χ0v) is 13.7. The molecule has 21 heavy (non-hydrogen) atoms. The molecule has 2 aromatic rings. The molecule has 0 saturated carbocycles. The fraction of sp³-hybridized carbons (Fsp3) is 0.235. The normalized spacial score (nSPS) is 10.5. The van der Waals surface area contributed by atoms with Crippen LogP contribution < -0.4 is 10.1 Å². The molecule has 0 atom stereocenters. The molecule has 0 aliphatic heterocycles. The second-order valence-electron chi connectivity index (χ2n) is 5.07. The lowest BCUT2D eigenvalue weighted by atomic mass is 10.0. The molecule has 2 rings (SSSR count). The van der Waals surface area contributed by atoms with E-state index >= 15 is 0 Å². The van der Waals surface area contributed by atoms with Gasteiger partial charge in [0.1, 0.15) is 5.75 Å². The van der Waals surface area contributed by atoms with Crippen molar-refractivity contribution >= 4 is 27.5 Å². The molecule has 0 unspecified atom stereocenters. The molecule has 0 fully saturated rings. The summed E-state index contributed by atoms with van der Waals surface area (Å²) in [7, 11) is 0. The number of hydrogen-bond donors (Lipinski definition) is 1. The van der Waals surface area contributed by atoms with Crippen LogP contribution in [0.3, 0.4) is 0 Å². The minimum atomic E-state index is -0.174. The van der Waals surface area contributed by atoms with E-state index in [1.54, 1.807) is 0 Å². The third kappa shape index (κ3) is 4.90. The van der Waals surface area contributed by atoms with Crippen molar-refractivity contribution in [2.24, 2.45) is 0 Å². The first-order valence-electron chi connectivity index (χ1n) is 6.83. The largest absolute Gasteiger partial charge is 0.484 e. The van der Waals surface area contributed by atoms with Gasteiger partial charge in [0.2, 0.25) is 0 Å². The molecule has 1 amide bonds. The molecule has 0 radical (unpaired) electrons. The van der Waals surface area contributed by atoms with E-state index in [-0.39, 0.29) is 12.5 Å². The van der Waals surface area contributed by atoms with Crippen LogP contribution in [0.5, 0.6) is 5.75 Å². The maximum absolute atomic E-state index is 11.8. The van der Waals surface area contributed by atoms with Gasteiger partial charge >= 0.3 is 0 Å². The van der Waals surface area contributed by atoms with Crippen molar-refractivity contribution in [3.63, 3.8) is 0 Å². The van der Waals surface area contributed by atoms with Gasteiger partial charge in [0.15, 0.2) is 6.61 Å². The van der Waals surface area contributed by atoms with Gasteiger partial charge < -0.3 is 10.1 Å². The Hall–Kier alpha value is -1.81. The standard InChI is InChI=1S/C17H18BrNO2/c1-12(2)13-6-8-15(9-7-13)19-17(20)11-21-16-5-3-4-14(18)10-16/h3-10,12H,11H2,1-2H3,(H,19,20). The van der Waals surface area contributed by atoms with Crippen LogP contribution in [0.15, 0.2) is 53.0 Å². The van der Waals surface area contributed by atoms with Crippen LogP contribution in [0.2, 0.25) is 0 Å². The molecule has 0 aromatic heterocycles. The number of amides is 1. The Balaban J connectivity index is 1.87. The number of hydrogen-bond acceptors (Lipinski definition) is 2. The van der Waals surface area contributed by atoms with Gasteiger partial charge in [0.25, 0.3) is 5.91 Å². The Labute approximate surface area is 133 Å². The van der Waals surface area contributed by atoms with Crippen molar-refractivity contribution in [2.45, 2.75) is 19.8 Å². The fourth-order valence-corrected chi connectivity index (χ4v) is 2.23. The van der Waals surface area contributed by atoms with E-state index < -0.39 is 0 Å². The molecule has 0 saturated heterocycles. The van der Waals surface area contributed by atoms with Gasteiger partial charge in [-0.2, -0.15) is 0 Å². The van der Waals surface area contributed by atoms with Crippen molar-refractivity contribution in [1.29, 1.82) is 0 Å². The molecule has 0 aliphatic carbocycles. The summed E-state index contributed by atoms with van der Waals surface area (Å²) in [6, 6.07) is 15.3. The van der Waals surface area contributed by atoms with Crippen molar-refractivity contribution in [1.82, 2.24) is 0 Å². The van der Waals surface area contributed by atoms with Crippen molar-refractivity contribution < 1.29 is 9.53 Å². The molecule has 110 valence electrons. The molecule has 2 aromatic carbocycles. The number of nitrogens with one attached hydrogen (secondary N) is 1. The Bertz CT molecular complexity index is 608. The molecule has 0 aliphatic rings. The van der Waals surface area contributed by atoms with Crippen LogP contribution in [0.1, 0.15) is 25.3 Å². The first-order chi connectivity index (χ1) is 10.0. The van der Waals surface area contributed by atoms with Gasteiger partial charge in [-0.25, -0.2) is 0 Å². The molecule has 3 nitrogen and oxygen atoms in total. The quantitative estimate of drug-likeness (QED) is 0.858. The summed E-state index contributed by atoms with van der Waals surface area (Å²) in [5, 5.41) is 2.82. The van der Waals surface area contributed by atoms with Gasteiger partial charge in [-0.15, -0.1) is 0 Å². The predicted octanol–water partition coefficient (Wildman–Crippen LogP) is 4.59. The smallest absolute Gasteiger partial charge is 0.262 e. The van der Waals surface area contributed by atoms with E-state index in [0.29, 0.717) is 11.7 Å². The first-order valence-corrected chi connectivity index (χ1v) is 7.62. The Kier molecular flexibility index (Phi) is 5.39. The Morgan fingerprint density at radius 3 is 2.52 bits per heavy atom. The zero-order chi connectivity index (χ0) is 15.2. The maximum Gasteiger partial charge on any atom is 0.262 e. The first kappa shape index (κ1) is 15.6. The SMILES string of the molecule is CC(C)c1ccc(NC(=O)COc2cccc(Br)c2)cc1. The predicted molar refractivity (Wildman–Crippen MR) is 88.8 cm³/mol. The number of benzene rings is 2. The summed E-state index contributed by atoms with van der Waals surface area (Å²) in [6.45, 7) is 4.27. The highest BCUT2D eigenvalue weighted by molar-refractivity contribution is 9.10. The van der Waals surface area contributed by atoms with Crippen LogP contribution in [0, 0.1) is 0 Å². The van der Waals surface area contributed by atoms with E-state index in [4.69, 9.17) is 4.74 Å². The van der Waals surface area contributed by atoms with Crippen LogP contribution in [0.25, 0.3) is 0 Å². The Morgan fingerprint density at radius 2 is 1.90 bits per heavy atom. The topological polar surface area (TPSA) is 38.3 Å². The minimum Gasteiger partial charge on any atom is -0.484 e. The van der Waals surface area contributed by atoms with Crippen molar-refractivity contribution in [2.75, 3.05) is 11.9 Å². The van der Waals surface area contributed by atoms with Gasteiger partial charge in [0, 0.05) is 10.2 Å². The lowest BCUT2D eigenvalue weighted by Crippen LogP contribution is -2.20. The molecular formula is C17H18BrNO2. The summed E-state index contributed by atoms with van der Waals surface area (Å²) in [5.74, 6) is 0.969. The monoisotopic (exact) mass is 347 g/mol. The van der Waals surface area contributed by atoms with Crippen LogP contribution in [-0.2, 0) is 4.79 Å². The summed E-state index contributed by atoms with van der Waals surface area (Å²) in [4.78, 5) is 11.8. The number of carbonyl (C=O) groups is 1. The van der Waals surface area contributed by atoms with Gasteiger partial charge in [0.05, 0.1) is 0 Å². The molecule has 4 heteroatoms. The number of rotatable bonds is 5. The van der Waals surface area contributed by atoms with E-state index in [2.05, 4.69) is 35.1 Å². The van der Waals surface area contributed by atoms with E-state index in [9.17, 15) is 4.79 Å². The third-order valence-electron chi connectivity index (χ3n) is 3.03. The van der Waals surface area contributed by atoms with E-state index in [1.807, 2.05) is 48.5 Å². The molecule has 0 spiro atoms. The maximum atomic E-state index is 11.8. The van der Waals surface area contributed by atoms with Crippen molar-refractivity contribution in [3.8, 4) is 5.75 Å². The molecule has 0 bridgehead atoms. The van der Waals surface area contributed by atoms with Crippen molar-refractivity contribution in [3.05, 3.63) is 58.6 Å². The van der Waals surface area contributed by atoms with Crippen LogP contribution >= 0.6 is 15.9 Å². The van der Waals surface area contributed by atoms with Crippen LogP contribution in [-0.4, -0.2) is 12.5 Å². The average molecular weight is 348 g/mol. The van der Waals surface area contributed by atoms with Gasteiger partial charge in [-0.05, 0) is 41.8 Å². The molecule has 1 N–H and O–H groups in total. The molecular weight excluding hydrogens is 330 g/mol. The van der Waals surface area contributed by atoms with Gasteiger partial charge in [-0.1, -0.05) is 48.0 Å². The second kappa shape index (κ2) is 7.27. The number of anilines is 1. The third-order valence-corrected chi connectivity index (χ3v) is 3.52. The Morgan fingerprint density at radius 1 is 1.19 bits per heavy atom. The van der Waals surface area contributed by atoms with Crippen LogP contribution in [0.4, 0.5) is 5.69 Å². The minimum absolute atomic E-state index is 0.0115. The summed E-state index contributed by atoms with van der Waals surface area (Å²) < 4.78 is 6.36. The number of ether oxygens (including phenoxy) is 1. The summed E-state index contributed by atoms with van der Waals surface area (Å²) in [6.07, 6.45) is 0. The highest BCUT2D eigenvalue weighted by Gasteiger charge is 2.05. The highest BCUT2D eigenvalue weighted by Crippen LogP contribution is 2.18. The number of carbonyl (C=O) groups excluding carboxylic acids is 1. The molecule has 0 heterocycles. The fourth-order valence-electron chi connectivity index (χ4n) is 1.85. The zero-order valence-electron chi connectivity index (χ0n) is 12.1. The summed E-state index contributed by atoms with van der Waals surface area (Å²) in [5.41, 5.74) is 2.03. The number of halogens is 1. The lowest BCUT2D eigenvalue weighted by Gasteiger charge is -2.09. The second-order valence-corrected chi connectivity index (χ2v) is 5.99. The van der Waals surface area contributed by atoms with E-state index in [1.165, 1.54) is 5.56 Å². The average Bonchev–Trinajstić information content (AvgIpc) is 2.46. The summed E-state index contributed by atoms with van der Waals surface area (Å²) >= 11 is 3.36. The van der Waals surface area contributed by atoms with Gasteiger partial charge in [-0.3, -0.25) is 4.79 Å². The van der Waals surface area contributed by atoms with E-state index in [0.717, 1.165) is 10.2 Å². The lowest BCUT2D eigenvalue weighted by molar-refractivity contribution is -0.118.